The number of benzene rings is 1. The lowest BCUT2D eigenvalue weighted by Crippen LogP contribution is -2.26. The van der Waals surface area contributed by atoms with Crippen molar-refractivity contribution in [1.82, 2.24) is 10.6 Å². The molecule has 0 fully saturated rings. The highest BCUT2D eigenvalue weighted by Gasteiger charge is 2.06. The second-order valence-corrected chi connectivity index (χ2v) is 5.10. The zero-order valence-electron chi connectivity index (χ0n) is 12.0. The van der Waals surface area contributed by atoms with E-state index in [9.17, 15) is 4.79 Å². The van der Waals surface area contributed by atoms with Gasteiger partial charge in [0, 0.05) is 13.0 Å². The van der Waals surface area contributed by atoms with Crippen LogP contribution in [0.2, 0.25) is 10.0 Å². The molecule has 1 amide bonds. The first-order chi connectivity index (χ1) is 9.65. The molecule has 0 saturated heterocycles. The molecule has 0 radical (unpaired) electrons. The zero-order valence-corrected chi connectivity index (χ0v) is 14.3. The zero-order chi connectivity index (χ0) is 14.8. The summed E-state index contributed by atoms with van der Waals surface area (Å²) in [5.74, 6) is 0.593. The second kappa shape index (κ2) is 11.9. The van der Waals surface area contributed by atoms with E-state index in [1.165, 1.54) is 0 Å². The molecule has 0 aliphatic heterocycles. The predicted molar refractivity (Wildman–Crippen MR) is 90.0 cm³/mol. The average Bonchev–Trinajstić information content (AvgIpc) is 2.44. The van der Waals surface area contributed by atoms with Crippen LogP contribution in [0.5, 0.6) is 5.75 Å². The van der Waals surface area contributed by atoms with Crippen molar-refractivity contribution in [3.63, 3.8) is 0 Å². The van der Waals surface area contributed by atoms with Gasteiger partial charge in [-0.05, 0) is 38.6 Å². The van der Waals surface area contributed by atoms with E-state index in [2.05, 4.69) is 10.6 Å². The molecule has 7 heteroatoms. The van der Waals surface area contributed by atoms with Crippen LogP contribution in [0.25, 0.3) is 0 Å². The molecule has 120 valence electrons. The molecular formula is C14H21Cl3N2O2. The molecule has 21 heavy (non-hydrogen) atoms. The third-order valence-corrected chi connectivity index (χ3v) is 3.45. The highest BCUT2D eigenvalue weighted by atomic mass is 35.5. The van der Waals surface area contributed by atoms with Crippen LogP contribution in [-0.4, -0.2) is 32.7 Å². The standard InChI is InChI=1S/C14H20Cl2N2O2.ClH/c1-17-8-4-9-18-13(19)7-3-10-20-12-6-2-5-11(15)14(12)16;/h2,5-6,17H,3-4,7-10H2,1H3,(H,18,19);1H. The Hall–Kier alpha value is -0.680. The Labute approximate surface area is 141 Å². The SMILES string of the molecule is CNCCCNC(=O)CCCOc1cccc(Cl)c1Cl.Cl. The molecule has 0 atom stereocenters. The number of ether oxygens (including phenoxy) is 1. The summed E-state index contributed by atoms with van der Waals surface area (Å²) in [5.41, 5.74) is 0. The number of nitrogens with one attached hydrogen (secondary N) is 2. The summed E-state index contributed by atoms with van der Waals surface area (Å²) in [6, 6.07) is 5.24. The minimum atomic E-state index is 0. The number of carbonyl (C=O) groups excluding carboxylic acids is 1. The van der Waals surface area contributed by atoms with Gasteiger partial charge in [0.05, 0.1) is 11.6 Å². The molecule has 0 spiro atoms. The van der Waals surface area contributed by atoms with Gasteiger partial charge in [0.15, 0.2) is 0 Å². The highest BCUT2D eigenvalue weighted by Crippen LogP contribution is 2.31. The Kier molecular flexibility index (Phi) is 11.5. The number of halogens is 3. The van der Waals surface area contributed by atoms with Gasteiger partial charge in [-0.3, -0.25) is 4.79 Å². The summed E-state index contributed by atoms with van der Waals surface area (Å²) in [7, 11) is 1.89. The van der Waals surface area contributed by atoms with Crippen LogP contribution in [0.4, 0.5) is 0 Å². The lowest BCUT2D eigenvalue weighted by atomic mass is 10.3. The van der Waals surface area contributed by atoms with Gasteiger partial charge < -0.3 is 15.4 Å². The van der Waals surface area contributed by atoms with Crippen molar-refractivity contribution in [2.75, 3.05) is 26.7 Å². The predicted octanol–water partition coefficient (Wildman–Crippen LogP) is 3.30. The number of hydrogen-bond acceptors (Lipinski definition) is 3. The summed E-state index contributed by atoms with van der Waals surface area (Å²) in [5, 5.41) is 6.75. The Morgan fingerprint density at radius 3 is 2.71 bits per heavy atom. The minimum absolute atomic E-state index is 0. The number of amides is 1. The summed E-state index contributed by atoms with van der Waals surface area (Å²) < 4.78 is 5.50. The van der Waals surface area contributed by atoms with E-state index in [-0.39, 0.29) is 18.3 Å². The van der Waals surface area contributed by atoms with E-state index in [1.807, 2.05) is 7.05 Å². The normalized spacial score (nSPS) is 9.86. The molecule has 0 saturated carbocycles. The molecule has 0 bridgehead atoms. The van der Waals surface area contributed by atoms with E-state index >= 15 is 0 Å². The first-order valence-electron chi connectivity index (χ1n) is 6.63. The largest absolute Gasteiger partial charge is 0.492 e. The van der Waals surface area contributed by atoms with Gasteiger partial charge in [-0.15, -0.1) is 12.4 Å². The molecular weight excluding hydrogens is 335 g/mol. The summed E-state index contributed by atoms with van der Waals surface area (Å²) in [4.78, 5) is 11.5. The van der Waals surface area contributed by atoms with Crippen molar-refractivity contribution < 1.29 is 9.53 Å². The van der Waals surface area contributed by atoms with Gasteiger partial charge >= 0.3 is 0 Å². The van der Waals surface area contributed by atoms with Crippen molar-refractivity contribution in [2.45, 2.75) is 19.3 Å². The van der Waals surface area contributed by atoms with Crippen molar-refractivity contribution in [2.24, 2.45) is 0 Å². The lowest BCUT2D eigenvalue weighted by molar-refractivity contribution is -0.121. The number of rotatable bonds is 9. The quantitative estimate of drug-likeness (QED) is 0.668. The van der Waals surface area contributed by atoms with Gasteiger partial charge in [-0.2, -0.15) is 0 Å². The summed E-state index contributed by atoms with van der Waals surface area (Å²) in [6.45, 7) is 2.03. The molecule has 4 nitrogen and oxygen atoms in total. The van der Waals surface area contributed by atoms with Gasteiger partial charge in [0.25, 0.3) is 0 Å². The first-order valence-corrected chi connectivity index (χ1v) is 7.39. The maximum atomic E-state index is 11.5. The van der Waals surface area contributed by atoms with Crippen LogP contribution in [0.1, 0.15) is 19.3 Å². The summed E-state index contributed by atoms with van der Waals surface area (Å²) in [6.07, 6.45) is 2.01. The number of hydrogen-bond donors (Lipinski definition) is 2. The van der Waals surface area contributed by atoms with E-state index in [0.717, 1.165) is 13.0 Å². The van der Waals surface area contributed by atoms with Crippen molar-refractivity contribution in [1.29, 1.82) is 0 Å². The van der Waals surface area contributed by atoms with Crippen molar-refractivity contribution in [3.8, 4) is 5.75 Å². The monoisotopic (exact) mass is 354 g/mol. The number of carbonyl (C=O) groups is 1. The Morgan fingerprint density at radius 1 is 1.24 bits per heavy atom. The van der Waals surface area contributed by atoms with Gasteiger partial charge in [-0.1, -0.05) is 29.3 Å². The average molecular weight is 356 g/mol. The molecule has 1 rings (SSSR count). The van der Waals surface area contributed by atoms with E-state index in [1.54, 1.807) is 18.2 Å². The Morgan fingerprint density at radius 2 is 2.00 bits per heavy atom. The van der Waals surface area contributed by atoms with Gasteiger partial charge in [0.2, 0.25) is 5.91 Å². The molecule has 0 aromatic heterocycles. The fourth-order valence-corrected chi connectivity index (χ4v) is 1.94. The topological polar surface area (TPSA) is 50.4 Å². The van der Waals surface area contributed by atoms with Crippen LogP contribution in [-0.2, 0) is 4.79 Å². The minimum Gasteiger partial charge on any atom is -0.492 e. The van der Waals surface area contributed by atoms with Crippen LogP contribution in [0.15, 0.2) is 18.2 Å². The molecule has 0 unspecified atom stereocenters. The van der Waals surface area contributed by atoms with Crippen molar-refractivity contribution in [3.05, 3.63) is 28.2 Å². The first kappa shape index (κ1) is 20.3. The fourth-order valence-electron chi connectivity index (χ4n) is 1.59. The van der Waals surface area contributed by atoms with Crippen molar-refractivity contribution >= 4 is 41.5 Å². The molecule has 1 aromatic carbocycles. The highest BCUT2D eigenvalue weighted by molar-refractivity contribution is 6.42. The van der Waals surface area contributed by atoms with E-state index < -0.39 is 0 Å². The Balaban J connectivity index is 0.00000400. The molecule has 0 heterocycles. The van der Waals surface area contributed by atoms with E-state index in [0.29, 0.717) is 41.8 Å². The molecule has 2 N–H and O–H groups in total. The van der Waals surface area contributed by atoms with Crippen LogP contribution in [0, 0.1) is 0 Å². The smallest absolute Gasteiger partial charge is 0.220 e. The van der Waals surface area contributed by atoms with Crippen LogP contribution >= 0.6 is 35.6 Å². The molecule has 1 aromatic rings. The Bertz CT molecular complexity index is 431. The maximum Gasteiger partial charge on any atom is 0.220 e. The second-order valence-electron chi connectivity index (χ2n) is 4.31. The maximum absolute atomic E-state index is 11.5. The summed E-state index contributed by atoms with van der Waals surface area (Å²) >= 11 is 11.9. The molecule has 0 aliphatic rings. The van der Waals surface area contributed by atoms with Gasteiger partial charge in [0.1, 0.15) is 10.8 Å². The van der Waals surface area contributed by atoms with E-state index in [4.69, 9.17) is 27.9 Å². The lowest BCUT2D eigenvalue weighted by Gasteiger charge is -2.09. The third-order valence-electron chi connectivity index (χ3n) is 2.65. The van der Waals surface area contributed by atoms with Gasteiger partial charge in [-0.25, -0.2) is 0 Å². The van der Waals surface area contributed by atoms with Crippen LogP contribution < -0.4 is 15.4 Å². The molecule has 0 aliphatic carbocycles. The fraction of sp³-hybridized carbons (Fsp3) is 0.500. The third kappa shape index (κ3) is 8.37. The van der Waals surface area contributed by atoms with Crippen LogP contribution in [0.3, 0.4) is 0 Å².